The maximum atomic E-state index is 14.3. The Balaban J connectivity index is 2.42. The van der Waals surface area contributed by atoms with Gasteiger partial charge in [0.2, 0.25) is 0 Å². The fourth-order valence-corrected chi connectivity index (χ4v) is 2.87. The molecule has 2 nitrogen and oxygen atoms in total. The third-order valence-electron chi connectivity index (χ3n) is 3.96. The molecule has 3 rings (SSSR count). The summed E-state index contributed by atoms with van der Waals surface area (Å²) in [6.45, 7) is 0. The van der Waals surface area contributed by atoms with Gasteiger partial charge in [-0.25, -0.2) is 9.18 Å². The number of carboxylic acid groups (broad SMARTS) is 1. The van der Waals surface area contributed by atoms with Crippen LogP contribution in [0, 0.1) is 5.82 Å². The molecule has 0 fully saturated rings. The minimum Gasteiger partial charge on any atom is -0.478 e. The van der Waals surface area contributed by atoms with Gasteiger partial charge < -0.3 is 5.11 Å². The second-order valence-corrected chi connectivity index (χ2v) is 5.56. The van der Waals surface area contributed by atoms with E-state index < -0.39 is 23.5 Å². The Bertz CT molecular complexity index is 978. The second kappa shape index (κ2) is 6.63. The normalized spacial score (nSPS) is 11.4. The highest BCUT2D eigenvalue weighted by Gasteiger charge is 2.35. The third kappa shape index (κ3) is 3.18. The zero-order chi connectivity index (χ0) is 18.9. The van der Waals surface area contributed by atoms with Gasteiger partial charge in [0, 0.05) is 11.1 Å². The Morgan fingerprint density at radius 2 is 1.35 bits per heavy atom. The lowest BCUT2D eigenvalue weighted by atomic mass is 9.88. The second-order valence-electron chi connectivity index (χ2n) is 5.56. The van der Waals surface area contributed by atoms with E-state index in [0.717, 1.165) is 12.1 Å². The summed E-state index contributed by atoms with van der Waals surface area (Å²) in [6, 6.07) is 14.2. The fourth-order valence-electron chi connectivity index (χ4n) is 2.87. The van der Waals surface area contributed by atoms with Gasteiger partial charge >= 0.3 is 12.1 Å². The van der Waals surface area contributed by atoms with Crippen LogP contribution in [-0.4, -0.2) is 11.1 Å². The van der Waals surface area contributed by atoms with Gasteiger partial charge in [0.15, 0.2) is 0 Å². The minimum atomic E-state index is -4.73. The van der Waals surface area contributed by atoms with Crippen LogP contribution in [0.25, 0.3) is 22.3 Å². The first-order valence-corrected chi connectivity index (χ1v) is 7.58. The number of hydrogen-bond acceptors (Lipinski definition) is 1. The van der Waals surface area contributed by atoms with Crippen LogP contribution < -0.4 is 0 Å². The maximum Gasteiger partial charge on any atom is 0.417 e. The van der Waals surface area contributed by atoms with Crippen molar-refractivity contribution in [2.45, 2.75) is 6.18 Å². The monoisotopic (exact) mass is 360 g/mol. The van der Waals surface area contributed by atoms with Crippen molar-refractivity contribution in [1.82, 2.24) is 0 Å². The van der Waals surface area contributed by atoms with E-state index >= 15 is 0 Å². The van der Waals surface area contributed by atoms with Gasteiger partial charge in [0.1, 0.15) is 5.82 Å². The van der Waals surface area contributed by atoms with E-state index in [2.05, 4.69) is 0 Å². The van der Waals surface area contributed by atoms with Crippen molar-refractivity contribution in [2.24, 2.45) is 0 Å². The van der Waals surface area contributed by atoms with Crippen LogP contribution in [0.5, 0.6) is 0 Å². The molecule has 0 aromatic heterocycles. The van der Waals surface area contributed by atoms with Crippen molar-refractivity contribution in [3.63, 3.8) is 0 Å². The molecule has 0 aliphatic rings. The minimum absolute atomic E-state index is 0.00271. The first-order valence-electron chi connectivity index (χ1n) is 7.58. The van der Waals surface area contributed by atoms with Crippen molar-refractivity contribution < 1.29 is 27.5 Å². The first-order chi connectivity index (χ1) is 12.3. The predicted octanol–water partition coefficient (Wildman–Crippen LogP) is 5.88. The number of aromatic carboxylic acids is 1. The van der Waals surface area contributed by atoms with Crippen LogP contribution in [0.3, 0.4) is 0 Å². The van der Waals surface area contributed by atoms with Crippen LogP contribution >= 0.6 is 0 Å². The van der Waals surface area contributed by atoms with Crippen molar-refractivity contribution >= 4 is 5.97 Å². The Labute approximate surface area is 146 Å². The largest absolute Gasteiger partial charge is 0.478 e. The van der Waals surface area contributed by atoms with Crippen molar-refractivity contribution in [1.29, 1.82) is 0 Å². The summed E-state index contributed by atoms with van der Waals surface area (Å²) in [6.07, 6.45) is -4.73. The summed E-state index contributed by atoms with van der Waals surface area (Å²) < 4.78 is 55.1. The number of rotatable bonds is 3. The lowest BCUT2D eigenvalue weighted by Crippen LogP contribution is -2.09. The molecule has 26 heavy (non-hydrogen) atoms. The number of carboxylic acids is 1. The quantitative estimate of drug-likeness (QED) is 0.593. The predicted molar refractivity (Wildman–Crippen MR) is 89.2 cm³/mol. The zero-order valence-electron chi connectivity index (χ0n) is 13.2. The summed E-state index contributed by atoms with van der Waals surface area (Å²) >= 11 is 0. The molecule has 0 aliphatic heterocycles. The number of hydrogen-bond donors (Lipinski definition) is 1. The summed E-state index contributed by atoms with van der Waals surface area (Å²) in [5.41, 5.74) is -1.72. The van der Waals surface area contributed by atoms with Crippen LogP contribution in [0.15, 0.2) is 66.7 Å². The Kier molecular flexibility index (Phi) is 4.50. The average molecular weight is 360 g/mol. The highest BCUT2D eigenvalue weighted by Crippen LogP contribution is 2.43. The molecule has 0 amide bonds. The lowest BCUT2D eigenvalue weighted by molar-refractivity contribution is -0.137. The highest BCUT2D eigenvalue weighted by molar-refractivity contribution is 5.99. The lowest BCUT2D eigenvalue weighted by Gasteiger charge is -2.19. The molecule has 0 saturated carbocycles. The van der Waals surface area contributed by atoms with Crippen LogP contribution in [-0.2, 0) is 6.18 Å². The van der Waals surface area contributed by atoms with E-state index in [4.69, 9.17) is 0 Å². The number of alkyl halides is 3. The molecule has 0 atom stereocenters. The van der Waals surface area contributed by atoms with Crippen molar-refractivity contribution in [2.75, 3.05) is 0 Å². The molecule has 0 radical (unpaired) electrons. The average Bonchev–Trinajstić information content (AvgIpc) is 2.61. The standard InChI is InChI=1S/C20H12F4O2/c21-17-11-4-3-8-15(17)18-13(9-5-10-16(18)20(22,23)24)12-6-1-2-7-14(12)19(25)26/h1-11H,(H,25,26). The molecule has 0 saturated heterocycles. The summed E-state index contributed by atoms with van der Waals surface area (Å²) in [5, 5.41) is 9.38. The number of halogens is 4. The van der Waals surface area contributed by atoms with Crippen molar-refractivity contribution in [3.05, 3.63) is 83.7 Å². The molecule has 6 heteroatoms. The Morgan fingerprint density at radius 3 is 1.96 bits per heavy atom. The van der Waals surface area contributed by atoms with Gasteiger partial charge in [-0.1, -0.05) is 48.5 Å². The van der Waals surface area contributed by atoms with Crippen LogP contribution in [0.2, 0.25) is 0 Å². The fraction of sp³-hybridized carbons (Fsp3) is 0.0500. The van der Waals surface area contributed by atoms with Gasteiger partial charge in [0.05, 0.1) is 11.1 Å². The molecule has 0 bridgehead atoms. The van der Waals surface area contributed by atoms with Crippen LogP contribution in [0.1, 0.15) is 15.9 Å². The van der Waals surface area contributed by atoms with E-state index in [9.17, 15) is 27.5 Å². The molecule has 0 aliphatic carbocycles. The number of benzene rings is 3. The SMILES string of the molecule is O=C(O)c1ccccc1-c1cccc(C(F)(F)F)c1-c1ccccc1F. The van der Waals surface area contributed by atoms with E-state index in [1.165, 1.54) is 54.6 Å². The zero-order valence-corrected chi connectivity index (χ0v) is 13.2. The molecular weight excluding hydrogens is 348 g/mol. The summed E-state index contributed by atoms with van der Waals surface area (Å²) in [5.74, 6) is -2.10. The van der Waals surface area contributed by atoms with Gasteiger partial charge in [-0.3, -0.25) is 0 Å². The Hall–Kier alpha value is -3.15. The first kappa shape index (κ1) is 17.7. The molecule has 1 N–H and O–H groups in total. The molecule has 0 unspecified atom stereocenters. The Morgan fingerprint density at radius 1 is 0.769 bits per heavy atom. The van der Waals surface area contributed by atoms with E-state index in [-0.39, 0.29) is 27.8 Å². The molecule has 3 aromatic rings. The topological polar surface area (TPSA) is 37.3 Å². The van der Waals surface area contributed by atoms with Crippen LogP contribution in [0.4, 0.5) is 17.6 Å². The van der Waals surface area contributed by atoms with E-state index in [1.807, 2.05) is 0 Å². The molecule has 132 valence electrons. The molecule has 3 aromatic carbocycles. The summed E-state index contributed by atoms with van der Waals surface area (Å²) in [7, 11) is 0. The molecule has 0 spiro atoms. The molecule has 0 heterocycles. The summed E-state index contributed by atoms with van der Waals surface area (Å²) in [4.78, 5) is 11.5. The smallest absolute Gasteiger partial charge is 0.417 e. The van der Waals surface area contributed by atoms with Crippen molar-refractivity contribution in [3.8, 4) is 22.3 Å². The maximum absolute atomic E-state index is 14.3. The van der Waals surface area contributed by atoms with Gasteiger partial charge in [-0.05, 0) is 29.3 Å². The molecular formula is C20H12F4O2. The third-order valence-corrected chi connectivity index (χ3v) is 3.96. The number of carbonyl (C=O) groups is 1. The van der Waals surface area contributed by atoms with Gasteiger partial charge in [-0.15, -0.1) is 0 Å². The van der Waals surface area contributed by atoms with Gasteiger partial charge in [0.25, 0.3) is 0 Å². The van der Waals surface area contributed by atoms with E-state index in [1.54, 1.807) is 0 Å². The van der Waals surface area contributed by atoms with Gasteiger partial charge in [-0.2, -0.15) is 13.2 Å². The highest BCUT2D eigenvalue weighted by atomic mass is 19.4. The van der Waals surface area contributed by atoms with E-state index in [0.29, 0.717) is 0 Å².